The summed E-state index contributed by atoms with van der Waals surface area (Å²) in [5.41, 5.74) is 2.10. The van der Waals surface area contributed by atoms with E-state index in [0.717, 1.165) is 28.3 Å². The van der Waals surface area contributed by atoms with Crippen LogP contribution in [0.15, 0.2) is 47.1 Å². The zero-order valence-corrected chi connectivity index (χ0v) is 13.1. The number of hydrogen-bond donors (Lipinski definition) is 1. The highest BCUT2D eigenvalue weighted by molar-refractivity contribution is 9.10. The molecule has 20 heavy (non-hydrogen) atoms. The molecular weight excluding hydrogens is 314 g/mol. The smallest absolute Gasteiger partial charge is 0.207 e. The van der Waals surface area contributed by atoms with Gasteiger partial charge in [-0.15, -0.1) is 0 Å². The Morgan fingerprint density at radius 3 is 2.65 bits per heavy atom. The Hall–Kier alpha value is -1.81. The first-order valence-corrected chi connectivity index (χ1v) is 7.46. The molecule has 1 heterocycles. The number of hydrogen-bond acceptors (Lipinski definition) is 2. The molecule has 0 radical (unpaired) electrons. The minimum atomic E-state index is 0.887. The number of rotatable bonds is 3. The molecule has 102 valence electrons. The molecule has 0 aliphatic heterocycles. The highest BCUT2D eigenvalue weighted by Crippen LogP contribution is 2.31. The predicted molar refractivity (Wildman–Crippen MR) is 87.6 cm³/mol. The monoisotopic (exact) mass is 329 g/mol. The topological polar surface area (TPSA) is 29.9 Å². The Morgan fingerprint density at radius 1 is 1.15 bits per heavy atom. The van der Waals surface area contributed by atoms with Gasteiger partial charge in [0, 0.05) is 28.3 Å². The van der Waals surface area contributed by atoms with Crippen molar-refractivity contribution in [2.24, 2.45) is 0 Å². The minimum absolute atomic E-state index is 0.887. The lowest BCUT2D eigenvalue weighted by molar-refractivity contribution is 0.771. The number of halogens is 1. The summed E-state index contributed by atoms with van der Waals surface area (Å²) in [6.07, 6.45) is 2.06. The van der Waals surface area contributed by atoms with Crippen LogP contribution in [-0.4, -0.2) is 9.55 Å². The number of anilines is 2. The molecule has 0 amide bonds. The van der Waals surface area contributed by atoms with Gasteiger partial charge in [0.05, 0.1) is 5.69 Å². The first-order valence-electron chi connectivity index (χ1n) is 6.67. The number of aryl methyl sites for hydroxylation is 2. The number of fused-ring (bicyclic) bond motifs is 1. The van der Waals surface area contributed by atoms with Gasteiger partial charge in [0.25, 0.3) is 0 Å². The summed E-state index contributed by atoms with van der Waals surface area (Å²) in [5, 5.41) is 5.83. The first kappa shape index (κ1) is 13.2. The van der Waals surface area contributed by atoms with Crippen LogP contribution in [0.4, 0.5) is 11.6 Å². The summed E-state index contributed by atoms with van der Waals surface area (Å²) in [5.74, 6) is 0.887. The normalized spacial score (nSPS) is 10.9. The van der Waals surface area contributed by atoms with Gasteiger partial charge in [0.1, 0.15) is 0 Å². The third-order valence-electron chi connectivity index (χ3n) is 3.36. The number of imidazole rings is 1. The molecule has 3 nitrogen and oxygen atoms in total. The van der Waals surface area contributed by atoms with Crippen LogP contribution in [0, 0.1) is 6.92 Å². The van der Waals surface area contributed by atoms with Gasteiger partial charge < -0.3 is 9.88 Å². The fraction of sp³-hybridized carbons (Fsp3) is 0.188. The maximum absolute atomic E-state index is 4.55. The number of nitrogens with one attached hydrogen (secondary N) is 1. The van der Waals surface area contributed by atoms with E-state index in [1.165, 1.54) is 10.8 Å². The van der Waals surface area contributed by atoms with E-state index in [1.54, 1.807) is 0 Å². The third kappa shape index (κ3) is 2.31. The molecule has 0 unspecified atom stereocenters. The van der Waals surface area contributed by atoms with Crippen LogP contribution in [-0.2, 0) is 6.54 Å². The molecule has 1 N–H and O–H groups in total. The van der Waals surface area contributed by atoms with Crippen LogP contribution < -0.4 is 5.32 Å². The van der Waals surface area contributed by atoms with Crippen molar-refractivity contribution in [2.75, 3.05) is 5.32 Å². The van der Waals surface area contributed by atoms with Gasteiger partial charge in [-0.2, -0.15) is 0 Å². The van der Waals surface area contributed by atoms with Gasteiger partial charge in [0.2, 0.25) is 5.95 Å². The lowest BCUT2D eigenvalue weighted by Gasteiger charge is -2.11. The molecule has 0 bridgehead atoms. The molecule has 0 aliphatic rings. The van der Waals surface area contributed by atoms with Crippen molar-refractivity contribution in [3.8, 4) is 0 Å². The second-order valence-corrected chi connectivity index (χ2v) is 5.61. The fourth-order valence-corrected chi connectivity index (χ4v) is 2.86. The number of aromatic nitrogens is 2. The van der Waals surface area contributed by atoms with E-state index < -0.39 is 0 Å². The van der Waals surface area contributed by atoms with E-state index in [0.29, 0.717) is 0 Å². The second kappa shape index (κ2) is 5.29. The highest BCUT2D eigenvalue weighted by atomic mass is 79.9. The van der Waals surface area contributed by atoms with Crippen molar-refractivity contribution in [1.82, 2.24) is 9.55 Å². The molecule has 2 aromatic carbocycles. The summed E-state index contributed by atoms with van der Waals surface area (Å²) < 4.78 is 3.22. The van der Waals surface area contributed by atoms with Gasteiger partial charge in [-0.3, -0.25) is 0 Å². The summed E-state index contributed by atoms with van der Waals surface area (Å²) in [7, 11) is 0. The van der Waals surface area contributed by atoms with E-state index in [9.17, 15) is 0 Å². The van der Waals surface area contributed by atoms with Crippen LogP contribution in [0.25, 0.3) is 10.8 Å². The fourth-order valence-electron chi connectivity index (χ4n) is 2.38. The number of benzene rings is 2. The maximum atomic E-state index is 4.55. The average molecular weight is 330 g/mol. The lowest BCUT2D eigenvalue weighted by Crippen LogP contribution is -2.01. The molecule has 0 saturated carbocycles. The van der Waals surface area contributed by atoms with Crippen molar-refractivity contribution in [3.05, 3.63) is 52.8 Å². The Morgan fingerprint density at radius 2 is 1.90 bits per heavy atom. The Kier molecular flexibility index (Phi) is 3.49. The van der Waals surface area contributed by atoms with Crippen molar-refractivity contribution in [2.45, 2.75) is 20.4 Å². The van der Waals surface area contributed by atoms with Crippen molar-refractivity contribution in [1.29, 1.82) is 0 Å². The van der Waals surface area contributed by atoms with Crippen LogP contribution in [0.5, 0.6) is 0 Å². The minimum Gasteiger partial charge on any atom is -0.325 e. The molecule has 3 rings (SSSR count). The van der Waals surface area contributed by atoms with E-state index >= 15 is 0 Å². The van der Waals surface area contributed by atoms with Gasteiger partial charge in [-0.1, -0.05) is 40.2 Å². The Bertz CT molecular complexity index is 762. The number of nitrogens with zero attached hydrogens (tertiary/aromatic N) is 2. The van der Waals surface area contributed by atoms with E-state index in [-0.39, 0.29) is 0 Å². The maximum Gasteiger partial charge on any atom is 0.207 e. The predicted octanol–water partition coefficient (Wildman–Crippen LogP) is 4.87. The summed E-state index contributed by atoms with van der Waals surface area (Å²) in [6.45, 7) is 5.03. The lowest BCUT2D eigenvalue weighted by atomic mass is 10.1. The van der Waals surface area contributed by atoms with Crippen LogP contribution >= 0.6 is 15.9 Å². The molecular formula is C16H16BrN3. The zero-order chi connectivity index (χ0) is 14.1. The van der Waals surface area contributed by atoms with Gasteiger partial charge >= 0.3 is 0 Å². The molecule has 0 aliphatic carbocycles. The first-order chi connectivity index (χ1) is 9.69. The summed E-state index contributed by atoms with van der Waals surface area (Å²) in [4.78, 5) is 4.55. The summed E-state index contributed by atoms with van der Waals surface area (Å²) in [6, 6.07) is 12.5. The van der Waals surface area contributed by atoms with Gasteiger partial charge in [0.15, 0.2) is 0 Å². The largest absolute Gasteiger partial charge is 0.325 e. The van der Waals surface area contributed by atoms with Crippen LogP contribution in [0.2, 0.25) is 0 Å². The van der Waals surface area contributed by atoms with Gasteiger partial charge in [-0.25, -0.2) is 4.98 Å². The summed E-state index contributed by atoms with van der Waals surface area (Å²) >= 11 is 3.60. The molecule has 0 saturated heterocycles. The van der Waals surface area contributed by atoms with E-state index in [2.05, 4.69) is 74.3 Å². The zero-order valence-electron chi connectivity index (χ0n) is 11.5. The van der Waals surface area contributed by atoms with E-state index in [4.69, 9.17) is 0 Å². The van der Waals surface area contributed by atoms with E-state index in [1.807, 2.05) is 13.0 Å². The Balaban J connectivity index is 2.09. The van der Waals surface area contributed by atoms with Crippen LogP contribution in [0.3, 0.4) is 0 Å². The quantitative estimate of drug-likeness (QED) is 0.742. The third-order valence-corrected chi connectivity index (χ3v) is 4.05. The van der Waals surface area contributed by atoms with Crippen molar-refractivity contribution in [3.63, 3.8) is 0 Å². The molecule has 1 aromatic heterocycles. The highest BCUT2D eigenvalue weighted by Gasteiger charge is 2.08. The van der Waals surface area contributed by atoms with Crippen molar-refractivity contribution >= 4 is 38.3 Å². The molecule has 0 atom stereocenters. The molecule has 0 spiro atoms. The molecule has 0 fully saturated rings. The Labute approximate surface area is 126 Å². The second-order valence-electron chi connectivity index (χ2n) is 4.76. The standard InChI is InChI=1S/C16H16BrN3/c1-3-20-10-11(2)18-16(20)19-15-9-8-14(17)12-6-4-5-7-13(12)15/h4-10H,3H2,1-2H3,(H,18,19). The molecule has 3 aromatic rings. The molecule has 4 heteroatoms. The SMILES string of the molecule is CCn1cc(C)nc1Nc1ccc(Br)c2ccccc12. The van der Waals surface area contributed by atoms with Crippen LogP contribution in [0.1, 0.15) is 12.6 Å². The average Bonchev–Trinajstić information content (AvgIpc) is 2.82. The van der Waals surface area contributed by atoms with Gasteiger partial charge in [-0.05, 0) is 31.4 Å². The van der Waals surface area contributed by atoms with Crippen molar-refractivity contribution < 1.29 is 0 Å².